The number of likely N-dealkylation sites (tertiary alicyclic amines) is 1. The van der Waals surface area contributed by atoms with Crippen LogP contribution in [0.2, 0.25) is 0 Å². The number of ether oxygens (including phenoxy) is 2. The fraction of sp³-hybridized carbons (Fsp3) is 0.485. The Balaban J connectivity index is 1.82. The molecule has 0 bridgehead atoms. The van der Waals surface area contributed by atoms with Gasteiger partial charge in [-0.3, -0.25) is 29.5 Å². The Morgan fingerprint density at radius 3 is 2.27 bits per heavy atom. The maximum Gasteiger partial charge on any atom is 0.411 e. The molecule has 1 saturated heterocycles. The molecule has 0 aliphatic carbocycles. The van der Waals surface area contributed by atoms with Gasteiger partial charge in [-0.05, 0) is 30.4 Å². The summed E-state index contributed by atoms with van der Waals surface area (Å²) in [5.41, 5.74) is 0.225. The molecular weight excluding hydrogens is 638 g/mol. The zero-order chi connectivity index (χ0) is 36.2. The van der Waals surface area contributed by atoms with Gasteiger partial charge in [0.2, 0.25) is 17.7 Å². The van der Waals surface area contributed by atoms with E-state index in [1.807, 2.05) is 0 Å². The Morgan fingerprint density at radius 1 is 0.980 bits per heavy atom. The first-order valence-electron chi connectivity index (χ1n) is 15.9. The summed E-state index contributed by atoms with van der Waals surface area (Å²) in [6, 6.07) is 1.96. The minimum Gasteiger partial charge on any atom is -0.465 e. The van der Waals surface area contributed by atoms with Gasteiger partial charge in [0, 0.05) is 18.8 Å². The van der Waals surface area contributed by atoms with Crippen molar-refractivity contribution in [1.29, 1.82) is 0 Å². The number of para-hydroxylation sites is 1. The smallest absolute Gasteiger partial charge is 0.411 e. The van der Waals surface area contributed by atoms with Crippen molar-refractivity contribution in [1.82, 2.24) is 30.8 Å². The Labute approximate surface area is 284 Å². The third-order valence-electron chi connectivity index (χ3n) is 7.89. The van der Waals surface area contributed by atoms with Crippen molar-refractivity contribution < 1.29 is 43.0 Å². The second-order valence-electron chi connectivity index (χ2n) is 12.1. The van der Waals surface area contributed by atoms with Crippen LogP contribution in [0.3, 0.4) is 0 Å². The quantitative estimate of drug-likeness (QED) is 0.165. The Morgan fingerprint density at radius 2 is 1.67 bits per heavy atom. The zero-order valence-corrected chi connectivity index (χ0v) is 28.3. The molecule has 1 aromatic carbocycles. The largest absolute Gasteiger partial charge is 0.465 e. The van der Waals surface area contributed by atoms with Crippen molar-refractivity contribution in [3.8, 4) is 0 Å². The van der Waals surface area contributed by atoms with Gasteiger partial charge in [-0.2, -0.15) is 0 Å². The van der Waals surface area contributed by atoms with Gasteiger partial charge in [0.1, 0.15) is 36.2 Å². The summed E-state index contributed by atoms with van der Waals surface area (Å²) in [6.07, 6.45) is 2.86. The Hall–Kier alpha value is -5.41. The zero-order valence-electron chi connectivity index (χ0n) is 28.3. The molecule has 4 N–H and O–H groups in total. The molecular formula is C33H43N7O9. The number of nitrogens with zero attached hydrogens (tertiary/aromatic N) is 3. The highest BCUT2D eigenvalue weighted by molar-refractivity contribution is 6.00. The second kappa shape index (κ2) is 17.7. The Bertz CT molecular complexity index is 1520. The molecule has 2 aromatic rings. The molecule has 49 heavy (non-hydrogen) atoms. The summed E-state index contributed by atoms with van der Waals surface area (Å²) in [7, 11) is 1.20. The highest BCUT2D eigenvalue weighted by Gasteiger charge is 2.45. The normalized spacial score (nSPS) is 17.3. The number of amides is 5. The lowest BCUT2D eigenvalue weighted by Gasteiger charge is -2.32. The topological polar surface area (TPSA) is 215 Å². The number of aldehydes is 1. The minimum atomic E-state index is -1.16. The van der Waals surface area contributed by atoms with E-state index >= 15 is 0 Å². The van der Waals surface area contributed by atoms with E-state index < -0.39 is 71.9 Å². The number of anilines is 1. The lowest BCUT2D eigenvalue weighted by molar-refractivity contribution is -0.143. The molecule has 264 valence electrons. The summed E-state index contributed by atoms with van der Waals surface area (Å²) >= 11 is 0. The number of esters is 1. The summed E-state index contributed by atoms with van der Waals surface area (Å²) < 4.78 is 10.3. The third kappa shape index (κ3) is 10.0. The summed E-state index contributed by atoms with van der Waals surface area (Å²) in [5, 5.41) is 10.5. The second-order valence-corrected chi connectivity index (χ2v) is 12.1. The standard InChI is InChI=1S/C33H43N7O9/c1-7-20(17-41)36-29(43)25-14-21(49-33(47)37-23-11-9-8-10-22(23)32(46)48-6)16-40(25)31(45)27(19(4)5)39-30(44)26(18(2)3)38-28(42)24-15-34-12-13-35-24/h8-13,15,17-21,25-27H,7,14,16H2,1-6H3,(H,36,43)(H,37,47)(H,38,42)(H,39,44)/t20-,21+,25-,26+,27+/m0/s1. The molecule has 0 spiro atoms. The number of hydrogen-bond donors (Lipinski definition) is 4. The lowest BCUT2D eigenvalue weighted by atomic mass is 9.98. The number of benzene rings is 1. The number of aromatic nitrogens is 2. The number of hydrogen-bond acceptors (Lipinski definition) is 11. The number of rotatable bonds is 14. The van der Waals surface area contributed by atoms with Crippen LogP contribution >= 0.6 is 0 Å². The molecule has 1 aliphatic rings. The number of methoxy groups -OCH3 is 1. The number of carbonyl (C=O) groups excluding carboxylic acids is 7. The fourth-order valence-corrected chi connectivity index (χ4v) is 5.16. The van der Waals surface area contributed by atoms with Gasteiger partial charge in [0.25, 0.3) is 5.91 Å². The van der Waals surface area contributed by atoms with Crippen molar-refractivity contribution in [3.05, 3.63) is 54.1 Å². The van der Waals surface area contributed by atoms with Crippen LogP contribution in [0, 0.1) is 11.8 Å². The number of nitrogens with one attached hydrogen (secondary N) is 4. The molecule has 1 fully saturated rings. The van der Waals surface area contributed by atoms with Gasteiger partial charge in [-0.25, -0.2) is 14.6 Å². The van der Waals surface area contributed by atoms with Crippen LogP contribution in [-0.4, -0.2) is 101 Å². The first kappa shape index (κ1) is 38.0. The van der Waals surface area contributed by atoms with E-state index in [9.17, 15) is 33.6 Å². The SMILES string of the molecule is CC[C@@H](C=O)NC(=O)[C@@H]1C[C@@H](OC(=O)Nc2ccccc2C(=O)OC)CN1C(=O)[C@H](NC(=O)[C@H](NC(=O)c1cnccn1)C(C)C)C(C)C. The van der Waals surface area contributed by atoms with E-state index in [1.54, 1.807) is 46.8 Å². The monoisotopic (exact) mass is 681 g/mol. The average Bonchev–Trinajstić information content (AvgIpc) is 3.51. The van der Waals surface area contributed by atoms with Crippen LogP contribution < -0.4 is 21.3 Å². The van der Waals surface area contributed by atoms with Crippen molar-refractivity contribution in [3.63, 3.8) is 0 Å². The fourth-order valence-electron chi connectivity index (χ4n) is 5.16. The van der Waals surface area contributed by atoms with Crippen molar-refractivity contribution in [2.45, 2.75) is 77.7 Å². The highest BCUT2D eigenvalue weighted by Crippen LogP contribution is 2.25. The van der Waals surface area contributed by atoms with Gasteiger partial charge in [0.15, 0.2) is 0 Å². The van der Waals surface area contributed by atoms with Crippen LogP contribution in [-0.2, 0) is 28.7 Å². The predicted molar refractivity (Wildman–Crippen MR) is 175 cm³/mol. The maximum absolute atomic E-state index is 14.1. The van der Waals surface area contributed by atoms with Crippen LogP contribution in [0.4, 0.5) is 10.5 Å². The molecule has 5 amide bonds. The van der Waals surface area contributed by atoms with Gasteiger partial charge < -0.3 is 35.1 Å². The molecule has 16 nitrogen and oxygen atoms in total. The van der Waals surface area contributed by atoms with Gasteiger partial charge in [-0.1, -0.05) is 46.8 Å². The van der Waals surface area contributed by atoms with Gasteiger partial charge in [-0.15, -0.1) is 0 Å². The average molecular weight is 682 g/mol. The van der Waals surface area contributed by atoms with E-state index in [1.165, 1.54) is 42.7 Å². The molecule has 5 atom stereocenters. The molecule has 1 aliphatic heterocycles. The molecule has 3 rings (SSSR count). The van der Waals surface area contributed by atoms with Crippen LogP contribution in [0.25, 0.3) is 0 Å². The molecule has 1 aromatic heterocycles. The van der Waals surface area contributed by atoms with Crippen molar-refractivity contribution in [2.24, 2.45) is 11.8 Å². The van der Waals surface area contributed by atoms with Crippen LogP contribution in [0.5, 0.6) is 0 Å². The first-order valence-corrected chi connectivity index (χ1v) is 15.9. The highest BCUT2D eigenvalue weighted by atomic mass is 16.6. The van der Waals surface area contributed by atoms with Gasteiger partial charge in [0.05, 0.1) is 37.1 Å². The van der Waals surface area contributed by atoms with Crippen molar-refractivity contribution in [2.75, 3.05) is 19.0 Å². The van der Waals surface area contributed by atoms with E-state index in [0.717, 1.165) is 0 Å². The minimum absolute atomic E-state index is 0.00734. The molecule has 2 heterocycles. The van der Waals surface area contributed by atoms with E-state index in [4.69, 9.17) is 9.47 Å². The number of carbonyl (C=O) groups is 7. The van der Waals surface area contributed by atoms with Crippen molar-refractivity contribution >= 4 is 47.7 Å². The molecule has 16 heteroatoms. The summed E-state index contributed by atoms with van der Waals surface area (Å²) in [5.74, 6) is -4.07. The van der Waals surface area contributed by atoms with E-state index in [2.05, 4.69) is 31.2 Å². The van der Waals surface area contributed by atoms with Crippen LogP contribution in [0.15, 0.2) is 42.9 Å². The van der Waals surface area contributed by atoms with Crippen LogP contribution in [0.1, 0.15) is 68.3 Å². The first-order chi connectivity index (χ1) is 23.3. The molecule has 0 saturated carbocycles. The maximum atomic E-state index is 14.1. The molecule has 0 radical (unpaired) electrons. The Kier molecular flexibility index (Phi) is 13.7. The van der Waals surface area contributed by atoms with E-state index in [-0.39, 0.29) is 35.8 Å². The van der Waals surface area contributed by atoms with E-state index in [0.29, 0.717) is 12.7 Å². The molecule has 0 unspecified atom stereocenters. The predicted octanol–water partition coefficient (Wildman–Crippen LogP) is 1.47. The lowest BCUT2D eigenvalue weighted by Crippen LogP contribution is -2.59. The summed E-state index contributed by atoms with van der Waals surface area (Å²) in [4.78, 5) is 99.5. The third-order valence-corrected chi connectivity index (χ3v) is 7.89. The summed E-state index contributed by atoms with van der Waals surface area (Å²) in [6.45, 7) is 8.35. The van der Waals surface area contributed by atoms with Gasteiger partial charge >= 0.3 is 12.1 Å².